The van der Waals surface area contributed by atoms with E-state index >= 15 is 0 Å². The molecule has 1 saturated carbocycles. The normalized spacial score (nSPS) is 18.5. The molecule has 2 heterocycles. The molecule has 6 nitrogen and oxygen atoms in total. The predicted molar refractivity (Wildman–Crippen MR) is 82.4 cm³/mol. The van der Waals surface area contributed by atoms with Crippen molar-refractivity contribution < 1.29 is 4.79 Å². The first kappa shape index (κ1) is 14.8. The summed E-state index contributed by atoms with van der Waals surface area (Å²) in [7, 11) is 1.82. The smallest absolute Gasteiger partial charge is 0.269 e. The zero-order chi connectivity index (χ0) is 15.6. The fourth-order valence-corrected chi connectivity index (χ4v) is 2.74. The molecule has 6 heteroatoms. The summed E-state index contributed by atoms with van der Waals surface area (Å²) in [6.07, 6.45) is 11.0. The molecule has 1 aliphatic carbocycles. The second-order valence-electron chi connectivity index (χ2n) is 6.10. The van der Waals surface area contributed by atoms with Gasteiger partial charge in [-0.15, -0.1) is 12.3 Å². The van der Waals surface area contributed by atoms with Gasteiger partial charge < -0.3 is 5.32 Å². The van der Waals surface area contributed by atoms with Crippen LogP contribution in [0.1, 0.15) is 60.6 Å². The van der Waals surface area contributed by atoms with E-state index in [1.165, 1.54) is 19.3 Å². The number of nitrogens with zero attached hydrogens (tertiary/aromatic N) is 4. The van der Waals surface area contributed by atoms with E-state index < -0.39 is 0 Å². The lowest BCUT2D eigenvalue weighted by atomic mass is 9.83. The first-order valence-electron chi connectivity index (χ1n) is 7.83. The van der Waals surface area contributed by atoms with Crippen molar-refractivity contribution in [2.45, 2.75) is 50.1 Å². The lowest BCUT2D eigenvalue weighted by Gasteiger charge is -2.22. The second-order valence-corrected chi connectivity index (χ2v) is 6.10. The summed E-state index contributed by atoms with van der Waals surface area (Å²) in [5, 5.41) is 15.5. The minimum Gasteiger partial charge on any atom is -0.351 e. The van der Waals surface area contributed by atoms with Crippen molar-refractivity contribution in [2.24, 2.45) is 17.3 Å². The van der Waals surface area contributed by atoms with E-state index in [9.17, 15) is 4.79 Å². The van der Waals surface area contributed by atoms with Crippen molar-refractivity contribution in [2.75, 3.05) is 6.54 Å². The SMILES string of the molecule is C#CCCC1(CCNC(=O)c2cc(C3CCC3)nn2C)N=N1. The maximum atomic E-state index is 12.3. The quantitative estimate of drug-likeness (QED) is 0.785. The monoisotopic (exact) mass is 299 g/mol. The Morgan fingerprint density at radius 1 is 1.50 bits per heavy atom. The Morgan fingerprint density at radius 2 is 2.27 bits per heavy atom. The molecule has 0 saturated heterocycles. The molecule has 0 aromatic carbocycles. The number of nitrogens with one attached hydrogen (secondary N) is 1. The third-order valence-electron chi connectivity index (χ3n) is 4.52. The highest BCUT2D eigenvalue weighted by Crippen LogP contribution is 2.36. The van der Waals surface area contributed by atoms with Crippen molar-refractivity contribution in [3.05, 3.63) is 17.5 Å². The van der Waals surface area contributed by atoms with Gasteiger partial charge in [0.2, 0.25) is 0 Å². The summed E-state index contributed by atoms with van der Waals surface area (Å²) in [5.41, 5.74) is 1.31. The van der Waals surface area contributed by atoms with Gasteiger partial charge in [0.25, 0.3) is 5.91 Å². The second kappa shape index (κ2) is 5.91. The van der Waals surface area contributed by atoms with Gasteiger partial charge in [0.05, 0.1) is 5.69 Å². The zero-order valence-corrected chi connectivity index (χ0v) is 12.9. The number of rotatable bonds is 7. The third kappa shape index (κ3) is 3.03. The number of terminal acetylenes is 1. The molecular formula is C16H21N5O. The first-order chi connectivity index (χ1) is 10.6. The maximum absolute atomic E-state index is 12.3. The van der Waals surface area contributed by atoms with E-state index in [1.807, 2.05) is 13.1 Å². The van der Waals surface area contributed by atoms with Crippen LogP contribution in [-0.2, 0) is 7.05 Å². The standard InChI is InChI=1S/C16H21N5O/c1-3-4-8-16(19-20-16)9-10-17-15(22)14-11-13(18-21(14)2)12-6-5-7-12/h1,11-12H,4-10H2,2H3,(H,17,22). The topological polar surface area (TPSA) is 71.6 Å². The molecule has 1 aromatic heterocycles. The van der Waals surface area contributed by atoms with Crippen LogP contribution in [-0.4, -0.2) is 27.9 Å². The number of hydrogen-bond donors (Lipinski definition) is 1. The Balaban J connectivity index is 1.50. The Hall–Kier alpha value is -2.16. The molecule has 0 atom stereocenters. The van der Waals surface area contributed by atoms with Gasteiger partial charge in [-0.1, -0.05) is 6.42 Å². The molecule has 1 amide bonds. The van der Waals surface area contributed by atoms with E-state index in [1.54, 1.807) is 4.68 Å². The largest absolute Gasteiger partial charge is 0.351 e. The zero-order valence-electron chi connectivity index (χ0n) is 12.9. The minimum atomic E-state index is -0.344. The summed E-state index contributed by atoms with van der Waals surface area (Å²) in [4.78, 5) is 12.3. The van der Waals surface area contributed by atoms with Gasteiger partial charge in [-0.25, -0.2) is 0 Å². The van der Waals surface area contributed by atoms with Crippen molar-refractivity contribution in [3.63, 3.8) is 0 Å². The fourth-order valence-electron chi connectivity index (χ4n) is 2.74. The molecule has 0 spiro atoms. The molecule has 3 rings (SSSR count). The Bertz CT molecular complexity index is 629. The van der Waals surface area contributed by atoms with Crippen LogP contribution in [0.15, 0.2) is 16.3 Å². The van der Waals surface area contributed by atoms with Crippen LogP contribution >= 0.6 is 0 Å². The lowest BCUT2D eigenvalue weighted by molar-refractivity contribution is 0.0942. The van der Waals surface area contributed by atoms with Crippen LogP contribution in [0, 0.1) is 12.3 Å². The van der Waals surface area contributed by atoms with Gasteiger partial charge in [0, 0.05) is 38.8 Å². The van der Waals surface area contributed by atoms with Gasteiger partial charge in [-0.3, -0.25) is 9.48 Å². The number of carbonyl (C=O) groups is 1. The van der Waals surface area contributed by atoms with Gasteiger partial charge in [0.1, 0.15) is 5.69 Å². The molecule has 1 aliphatic heterocycles. The van der Waals surface area contributed by atoms with Gasteiger partial charge in [-0.05, 0) is 18.9 Å². The van der Waals surface area contributed by atoms with Crippen molar-refractivity contribution in [1.29, 1.82) is 0 Å². The van der Waals surface area contributed by atoms with Gasteiger partial charge in [-0.2, -0.15) is 15.3 Å². The van der Waals surface area contributed by atoms with Crippen molar-refractivity contribution in [3.8, 4) is 12.3 Å². The van der Waals surface area contributed by atoms with Crippen LogP contribution in [0.4, 0.5) is 0 Å². The number of hydrogen-bond acceptors (Lipinski definition) is 4. The molecule has 1 fully saturated rings. The molecule has 22 heavy (non-hydrogen) atoms. The molecular weight excluding hydrogens is 278 g/mol. The van der Waals surface area contributed by atoms with Gasteiger partial charge >= 0.3 is 0 Å². The Labute approximate surface area is 130 Å². The number of carbonyl (C=O) groups excluding carboxylic acids is 1. The van der Waals surface area contributed by atoms with E-state index in [-0.39, 0.29) is 11.6 Å². The average Bonchev–Trinajstić information content (AvgIpc) is 3.10. The molecule has 0 radical (unpaired) electrons. The van der Waals surface area contributed by atoms with Crippen LogP contribution < -0.4 is 5.32 Å². The molecule has 1 aromatic rings. The van der Waals surface area contributed by atoms with E-state index in [0.29, 0.717) is 31.0 Å². The summed E-state index contributed by atoms with van der Waals surface area (Å²) < 4.78 is 1.67. The summed E-state index contributed by atoms with van der Waals surface area (Å²) in [5.74, 6) is 3.04. The summed E-state index contributed by atoms with van der Waals surface area (Å²) in [6.45, 7) is 0.542. The molecule has 0 unspecified atom stereocenters. The highest BCUT2D eigenvalue weighted by Gasteiger charge is 2.38. The minimum absolute atomic E-state index is 0.0895. The number of aromatic nitrogens is 2. The maximum Gasteiger partial charge on any atom is 0.269 e. The number of amides is 1. The lowest BCUT2D eigenvalue weighted by Crippen LogP contribution is -2.29. The first-order valence-corrected chi connectivity index (χ1v) is 7.83. The molecule has 2 aliphatic rings. The number of aryl methyl sites for hydroxylation is 1. The fraction of sp³-hybridized carbons (Fsp3) is 0.625. The van der Waals surface area contributed by atoms with Crippen LogP contribution in [0.3, 0.4) is 0 Å². The Morgan fingerprint density at radius 3 is 2.86 bits per heavy atom. The summed E-state index contributed by atoms with van der Waals surface area (Å²) >= 11 is 0. The van der Waals surface area contributed by atoms with Crippen molar-refractivity contribution in [1.82, 2.24) is 15.1 Å². The van der Waals surface area contributed by atoms with Gasteiger partial charge in [0.15, 0.2) is 5.66 Å². The molecule has 116 valence electrons. The van der Waals surface area contributed by atoms with Crippen molar-refractivity contribution >= 4 is 5.91 Å². The van der Waals surface area contributed by atoms with E-state index in [4.69, 9.17) is 6.42 Å². The molecule has 0 bridgehead atoms. The van der Waals surface area contributed by atoms with Crippen LogP contribution in [0.25, 0.3) is 0 Å². The summed E-state index contributed by atoms with van der Waals surface area (Å²) in [6, 6.07) is 1.92. The third-order valence-corrected chi connectivity index (χ3v) is 4.52. The van der Waals surface area contributed by atoms with E-state index in [2.05, 4.69) is 26.6 Å². The highest BCUT2D eigenvalue weighted by atomic mass is 16.2. The predicted octanol–water partition coefficient (Wildman–Crippen LogP) is 2.38. The van der Waals surface area contributed by atoms with E-state index in [0.717, 1.165) is 12.1 Å². The van der Waals surface area contributed by atoms with Crippen LogP contribution in [0.5, 0.6) is 0 Å². The average molecular weight is 299 g/mol. The Kier molecular flexibility index (Phi) is 3.97. The highest BCUT2D eigenvalue weighted by molar-refractivity contribution is 5.92. The molecule has 1 N–H and O–H groups in total. The van der Waals surface area contributed by atoms with Crippen LogP contribution in [0.2, 0.25) is 0 Å².